The van der Waals surface area contributed by atoms with Crippen LogP contribution in [0.25, 0.3) is 11.1 Å². The van der Waals surface area contributed by atoms with Gasteiger partial charge in [-0.25, -0.2) is 9.97 Å². The number of amidine groups is 1. The van der Waals surface area contributed by atoms with E-state index in [1.54, 1.807) is 50.2 Å². The SMILES string of the molecule is Cc1cc(C#CC(C)(CO)CO)cnc1Oc1ccc(-c2cccnc2F)cc1COC(=N)N. The maximum Gasteiger partial charge on any atom is 0.279 e. The molecule has 0 radical (unpaired) electrons. The summed E-state index contributed by atoms with van der Waals surface area (Å²) >= 11 is 0. The lowest BCUT2D eigenvalue weighted by Crippen LogP contribution is -2.23. The standard InChI is InChI=1S/C25H25FN4O4/c1-16-10-17(7-8-25(2,14-31)15-32)12-30-23(16)34-21-6-5-18(11-19(21)13-33-24(27)28)20-4-3-9-29-22(20)26/h3-6,9-12,31-32H,13-15H2,1-2H3,(H3,27,28). The van der Waals surface area contributed by atoms with Crippen molar-refractivity contribution in [2.24, 2.45) is 11.1 Å². The van der Waals surface area contributed by atoms with E-state index >= 15 is 0 Å². The van der Waals surface area contributed by atoms with Gasteiger partial charge in [0.2, 0.25) is 11.8 Å². The average Bonchev–Trinajstić information content (AvgIpc) is 2.83. The summed E-state index contributed by atoms with van der Waals surface area (Å²) in [6, 6.07) is 9.58. The zero-order chi connectivity index (χ0) is 24.7. The molecule has 9 heteroatoms. The van der Waals surface area contributed by atoms with Gasteiger partial charge in [0.15, 0.2) is 0 Å². The number of aromatic nitrogens is 2. The van der Waals surface area contributed by atoms with Crippen LogP contribution in [-0.2, 0) is 11.3 Å². The quantitative estimate of drug-likeness (QED) is 0.183. The normalized spacial score (nSPS) is 10.9. The number of nitrogens with zero attached hydrogens (tertiary/aromatic N) is 2. The van der Waals surface area contributed by atoms with Crippen LogP contribution in [0.2, 0.25) is 0 Å². The van der Waals surface area contributed by atoms with Crippen LogP contribution in [-0.4, -0.2) is 39.4 Å². The number of aliphatic hydroxyl groups excluding tert-OH is 2. The van der Waals surface area contributed by atoms with Gasteiger partial charge >= 0.3 is 0 Å². The minimum Gasteiger partial charge on any atom is -0.461 e. The molecule has 5 N–H and O–H groups in total. The van der Waals surface area contributed by atoms with Gasteiger partial charge in [0.1, 0.15) is 12.4 Å². The van der Waals surface area contributed by atoms with Gasteiger partial charge in [-0.1, -0.05) is 17.9 Å². The number of hydrogen-bond acceptors (Lipinski definition) is 7. The maximum atomic E-state index is 14.2. The van der Waals surface area contributed by atoms with Crippen molar-refractivity contribution in [3.63, 3.8) is 0 Å². The molecule has 8 nitrogen and oxygen atoms in total. The van der Waals surface area contributed by atoms with E-state index in [-0.39, 0.29) is 19.8 Å². The Bertz CT molecular complexity index is 1250. The second-order valence-electron chi connectivity index (χ2n) is 7.89. The lowest BCUT2D eigenvalue weighted by atomic mass is 9.94. The number of hydrogen-bond donors (Lipinski definition) is 4. The van der Waals surface area contributed by atoms with Crippen molar-refractivity contribution >= 4 is 6.02 Å². The molecule has 34 heavy (non-hydrogen) atoms. The number of ether oxygens (including phenoxy) is 2. The minimum atomic E-state index is -0.913. The van der Waals surface area contributed by atoms with Crippen molar-refractivity contribution in [1.29, 1.82) is 5.41 Å². The molecule has 0 unspecified atom stereocenters. The van der Waals surface area contributed by atoms with Crippen LogP contribution in [0.1, 0.15) is 23.6 Å². The number of aliphatic hydroxyl groups is 2. The van der Waals surface area contributed by atoms with Crippen LogP contribution in [0.4, 0.5) is 4.39 Å². The molecule has 2 aromatic heterocycles. The number of halogens is 1. The number of nitrogens with one attached hydrogen (secondary N) is 1. The maximum absolute atomic E-state index is 14.2. The first-order valence-corrected chi connectivity index (χ1v) is 10.3. The third-order valence-corrected chi connectivity index (χ3v) is 4.96. The summed E-state index contributed by atoms with van der Waals surface area (Å²) in [6.45, 7) is 2.85. The van der Waals surface area contributed by atoms with E-state index in [0.717, 1.165) is 0 Å². The van der Waals surface area contributed by atoms with Crippen LogP contribution in [0.5, 0.6) is 11.6 Å². The third-order valence-electron chi connectivity index (χ3n) is 4.96. The fourth-order valence-corrected chi connectivity index (χ4v) is 2.91. The molecule has 0 aliphatic heterocycles. The van der Waals surface area contributed by atoms with E-state index in [0.29, 0.717) is 39.4 Å². The van der Waals surface area contributed by atoms with Crippen LogP contribution in [0.3, 0.4) is 0 Å². The predicted octanol–water partition coefficient (Wildman–Crippen LogP) is 3.14. The molecule has 0 spiro atoms. The summed E-state index contributed by atoms with van der Waals surface area (Å²) in [5, 5.41) is 26.1. The lowest BCUT2D eigenvalue weighted by molar-refractivity contribution is 0.115. The topological polar surface area (TPSA) is 135 Å². The molecule has 0 aliphatic rings. The number of nitrogens with two attached hydrogens (primary N) is 1. The Morgan fingerprint density at radius 2 is 1.97 bits per heavy atom. The highest BCUT2D eigenvalue weighted by Crippen LogP contribution is 2.32. The van der Waals surface area contributed by atoms with E-state index < -0.39 is 17.4 Å². The first-order chi connectivity index (χ1) is 16.2. The van der Waals surface area contributed by atoms with Crippen molar-refractivity contribution < 1.29 is 24.1 Å². The zero-order valence-electron chi connectivity index (χ0n) is 18.8. The molecule has 2 heterocycles. The van der Waals surface area contributed by atoms with E-state index in [9.17, 15) is 14.6 Å². The molecule has 0 amide bonds. The molecule has 0 atom stereocenters. The summed E-state index contributed by atoms with van der Waals surface area (Å²) in [5.74, 6) is 5.88. The second kappa shape index (κ2) is 10.7. The van der Waals surface area contributed by atoms with Gasteiger partial charge < -0.3 is 25.4 Å². The van der Waals surface area contributed by atoms with Crippen molar-refractivity contribution in [2.75, 3.05) is 13.2 Å². The molecular formula is C25H25FN4O4. The fourth-order valence-electron chi connectivity index (χ4n) is 2.91. The summed E-state index contributed by atoms with van der Waals surface area (Å²) in [5.41, 5.74) is 7.12. The largest absolute Gasteiger partial charge is 0.461 e. The van der Waals surface area contributed by atoms with Gasteiger partial charge in [-0.2, -0.15) is 4.39 Å². The first kappa shape index (κ1) is 24.6. The Labute approximate surface area is 196 Å². The smallest absolute Gasteiger partial charge is 0.279 e. The zero-order valence-corrected chi connectivity index (χ0v) is 18.8. The molecule has 0 fully saturated rings. The second-order valence-corrected chi connectivity index (χ2v) is 7.89. The number of pyridine rings is 2. The third kappa shape index (κ3) is 6.07. The molecule has 3 aromatic rings. The summed E-state index contributed by atoms with van der Waals surface area (Å²) in [6.07, 6.45) is 2.89. The molecule has 0 saturated carbocycles. The molecule has 176 valence electrons. The Morgan fingerprint density at radius 1 is 1.21 bits per heavy atom. The number of aryl methyl sites for hydroxylation is 1. The van der Waals surface area contributed by atoms with Crippen LogP contribution in [0, 0.1) is 35.5 Å². The van der Waals surface area contributed by atoms with Crippen molar-refractivity contribution in [1.82, 2.24) is 9.97 Å². The summed E-state index contributed by atoms with van der Waals surface area (Å²) < 4.78 is 25.3. The molecule has 0 aliphatic carbocycles. The van der Waals surface area contributed by atoms with Crippen molar-refractivity contribution in [3.05, 3.63) is 71.4 Å². The van der Waals surface area contributed by atoms with E-state index in [1.807, 2.05) is 0 Å². The molecule has 3 rings (SSSR count). The fraction of sp³-hybridized carbons (Fsp3) is 0.240. The van der Waals surface area contributed by atoms with Crippen LogP contribution >= 0.6 is 0 Å². The highest BCUT2D eigenvalue weighted by atomic mass is 19.1. The lowest BCUT2D eigenvalue weighted by Gasteiger charge is -2.16. The van der Waals surface area contributed by atoms with E-state index in [2.05, 4.69) is 21.8 Å². The Hall–Kier alpha value is -4.00. The molecule has 0 bridgehead atoms. The Balaban J connectivity index is 1.91. The molecule has 1 aromatic carbocycles. The van der Waals surface area contributed by atoms with Crippen LogP contribution in [0.15, 0.2) is 48.8 Å². The number of rotatable bonds is 7. The van der Waals surface area contributed by atoms with Gasteiger partial charge in [0.25, 0.3) is 6.02 Å². The highest BCUT2D eigenvalue weighted by molar-refractivity contribution is 5.68. The Kier molecular flexibility index (Phi) is 7.79. The van der Waals surface area contributed by atoms with Crippen LogP contribution < -0.4 is 10.5 Å². The Morgan fingerprint density at radius 3 is 2.62 bits per heavy atom. The van der Waals surface area contributed by atoms with Gasteiger partial charge in [0, 0.05) is 34.6 Å². The van der Waals surface area contributed by atoms with E-state index in [1.165, 1.54) is 12.4 Å². The van der Waals surface area contributed by atoms with Gasteiger partial charge in [-0.15, -0.1) is 0 Å². The van der Waals surface area contributed by atoms with Crippen molar-refractivity contribution in [3.8, 4) is 34.6 Å². The van der Waals surface area contributed by atoms with Gasteiger partial charge in [-0.3, -0.25) is 5.41 Å². The average molecular weight is 464 g/mol. The number of benzene rings is 1. The molecular weight excluding hydrogens is 439 g/mol. The minimum absolute atomic E-state index is 0.0656. The summed E-state index contributed by atoms with van der Waals surface area (Å²) in [4.78, 5) is 8.01. The van der Waals surface area contributed by atoms with Gasteiger partial charge in [-0.05, 0) is 49.7 Å². The predicted molar refractivity (Wildman–Crippen MR) is 125 cm³/mol. The monoisotopic (exact) mass is 464 g/mol. The first-order valence-electron chi connectivity index (χ1n) is 10.3. The van der Waals surface area contributed by atoms with Crippen molar-refractivity contribution in [2.45, 2.75) is 20.5 Å². The van der Waals surface area contributed by atoms with E-state index in [4.69, 9.17) is 20.6 Å². The molecule has 0 saturated heterocycles. The van der Waals surface area contributed by atoms with Gasteiger partial charge in [0.05, 0.1) is 18.6 Å². The highest BCUT2D eigenvalue weighted by Gasteiger charge is 2.19. The summed E-state index contributed by atoms with van der Waals surface area (Å²) in [7, 11) is 0.